The Morgan fingerprint density at radius 1 is 0.872 bits per heavy atom. The molecule has 0 unspecified atom stereocenters. The lowest BCUT2D eigenvalue weighted by molar-refractivity contribution is -0.143. The van der Waals surface area contributed by atoms with Gasteiger partial charge in [-0.2, -0.15) is 39.5 Å². The van der Waals surface area contributed by atoms with Crippen molar-refractivity contribution in [1.82, 2.24) is 9.88 Å². The highest BCUT2D eigenvalue weighted by atomic mass is 19.4. The molecule has 6 rings (SSSR count). The summed E-state index contributed by atoms with van der Waals surface area (Å²) in [5.74, 6) is 0.503. The van der Waals surface area contributed by atoms with Gasteiger partial charge in [-0.05, 0) is 85.0 Å². The molecule has 2 aliphatic carbocycles. The van der Waals surface area contributed by atoms with Gasteiger partial charge in [0, 0.05) is 17.7 Å². The number of methoxy groups -OCH3 is 1. The zero-order valence-electron chi connectivity index (χ0n) is 24.6. The number of cyclic esters (lactones) is 1. The van der Waals surface area contributed by atoms with E-state index in [1.165, 1.54) is 13.2 Å². The number of aliphatic hydroxyl groups excluding tert-OH is 1. The number of hydrogen-bond donors (Lipinski definition) is 1. The maximum atomic E-state index is 13.9. The second-order valence-corrected chi connectivity index (χ2v) is 12.2. The van der Waals surface area contributed by atoms with Crippen LogP contribution < -0.4 is 4.74 Å². The minimum absolute atomic E-state index is 0.0270. The lowest BCUT2D eigenvalue weighted by Gasteiger charge is -2.34. The van der Waals surface area contributed by atoms with Crippen LogP contribution in [0.2, 0.25) is 0 Å². The first-order valence-corrected chi connectivity index (χ1v) is 14.6. The molecule has 6 nitrogen and oxygen atoms in total. The average Bonchev–Trinajstić information content (AvgIpc) is 3.72. The number of rotatable bonds is 7. The van der Waals surface area contributed by atoms with Crippen molar-refractivity contribution < 1.29 is 58.9 Å². The van der Waals surface area contributed by atoms with Crippen LogP contribution in [0.4, 0.5) is 44.3 Å². The van der Waals surface area contributed by atoms with Crippen molar-refractivity contribution in [2.24, 2.45) is 5.92 Å². The second-order valence-electron chi connectivity index (χ2n) is 12.2. The summed E-state index contributed by atoms with van der Waals surface area (Å²) in [6.07, 6.45) is -16.2. The lowest BCUT2D eigenvalue weighted by atomic mass is 9.71. The third-order valence-corrected chi connectivity index (χ3v) is 9.19. The predicted molar refractivity (Wildman–Crippen MR) is 147 cm³/mol. The zero-order chi connectivity index (χ0) is 34.1. The van der Waals surface area contributed by atoms with E-state index >= 15 is 0 Å². The Labute approximate surface area is 262 Å². The van der Waals surface area contributed by atoms with Gasteiger partial charge in [0.1, 0.15) is 11.4 Å². The van der Waals surface area contributed by atoms with E-state index < -0.39 is 65.2 Å². The standard InChI is InChI=1S/C32H27F9N2O4/c1-46-25-4-2-17(18-8-16(9-18)15-44)12-23(25)22-3-5-26(32(39,40)41)42-24(22)14-43-28(45)47-27(29(43)6-7-29)19-10-20(30(33,34)35)13-21(11-19)31(36,37)38/h2-5,10-13,16,18,27,44H,6-9,14-15H2,1H3/t16-,18-,27-/m1/s1. The Bertz CT molecular complexity index is 1660. The third-order valence-electron chi connectivity index (χ3n) is 9.19. The van der Waals surface area contributed by atoms with Crippen molar-refractivity contribution in [3.8, 4) is 16.9 Å². The minimum Gasteiger partial charge on any atom is -0.496 e. The number of amides is 1. The number of hydrogen-bond acceptors (Lipinski definition) is 5. The average molecular weight is 675 g/mol. The maximum Gasteiger partial charge on any atom is 0.433 e. The summed E-state index contributed by atoms with van der Waals surface area (Å²) in [4.78, 5) is 18.1. The van der Waals surface area contributed by atoms with E-state index in [1.54, 1.807) is 12.1 Å². The number of aliphatic hydroxyl groups is 1. The van der Waals surface area contributed by atoms with Crippen LogP contribution >= 0.6 is 0 Å². The summed E-state index contributed by atoms with van der Waals surface area (Å²) in [5, 5.41) is 9.43. The molecule has 2 saturated carbocycles. The molecule has 47 heavy (non-hydrogen) atoms. The highest BCUT2D eigenvalue weighted by Gasteiger charge is 2.64. The van der Waals surface area contributed by atoms with Gasteiger partial charge in [-0.25, -0.2) is 9.78 Å². The number of nitrogens with zero attached hydrogens (tertiary/aromatic N) is 2. The fourth-order valence-corrected chi connectivity index (χ4v) is 6.51. The Morgan fingerprint density at radius 3 is 2.04 bits per heavy atom. The molecule has 1 spiro atoms. The van der Waals surface area contributed by atoms with Crippen LogP contribution in [0.5, 0.6) is 5.75 Å². The largest absolute Gasteiger partial charge is 0.496 e. The lowest BCUT2D eigenvalue weighted by Crippen LogP contribution is -2.36. The van der Waals surface area contributed by atoms with Gasteiger partial charge >= 0.3 is 24.6 Å². The number of carbonyl (C=O) groups is 1. The monoisotopic (exact) mass is 674 g/mol. The summed E-state index contributed by atoms with van der Waals surface area (Å²) < 4.78 is 134. The minimum atomic E-state index is -5.14. The summed E-state index contributed by atoms with van der Waals surface area (Å²) in [6, 6.07) is 8.10. The maximum absolute atomic E-state index is 13.9. The van der Waals surface area contributed by atoms with Gasteiger partial charge in [0.25, 0.3) is 0 Å². The number of ether oxygens (including phenoxy) is 2. The Hall–Kier alpha value is -4.01. The van der Waals surface area contributed by atoms with E-state index in [2.05, 4.69) is 4.98 Å². The third kappa shape index (κ3) is 6.09. The number of alkyl halides is 9. The highest BCUT2D eigenvalue weighted by molar-refractivity contribution is 5.76. The Kier molecular flexibility index (Phi) is 7.92. The van der Waals surface area contributed by atoms with Gasteiger partial charge < -0.3 is 14.6 Å². The van der Waals surface area contributed by atoms with Crippen molar-refractivity contribution in [2.45, 2.75) is 68.3 Å². The Morgan fingerprint density at radius 2 is 1.51 bits per heavy atom. The molecular weight excluding hydrogens is 647 g/mol. The zero-order valence-corrected chi connectivity index (χ0v) is 24.6. The smallest absolute Gasteiger partial charge is 0.433 e. The molecule has 1 aromatic heterocycles. The van der Waals surface area contributed by atoms with Crippen LogP contribution in [-0.4, -0.2) is 40.3 Å². The number of aromatic nitrogens is 1. The second kappa shape index (κ2) is 11.3. The number of halogens is 9. The van der Waals surface area contributed by atoms with Crippen LogP contribution in [0.15, 0.2) is 48.5 Å². The van der Waals surface area contributed by atoms with Crippen molar-refractivity contribution in [3.05, 3.63) is 82.2 Å². The van der Waals surface area contributed by atoms with E-state index in [9.17, 15) is 49.4 Å². The first-order chi connectivity index (χ1) is 21.9. The van der Waals surface area contributed by atoms with E-state index in [1.807, 2.05) is 6.07 Å². The molecule has 3 aromatic rings. The molecule has 252 valence electrons. The molecular formula is C32H27F9N2O4. The van der Waals surface area contributed by atoms with E-state index in [4.69, 9.17) is 9.47 Å². The van der Waals surface area contributed by atoms with E-state index in [-0.39, 0.29) is 48.6 Å². The first-order valence-electron chi connectivity index (χ1n) is 14.6. The molecule has 0 bridgehead atoms. The molecule has 1 atom stereocenters. The molecule has 3 aliphatic rings. The molecule has 3 fully saturated rings. The number of carbonyl (C=O) groups excluding carboxylic acids is 1. The molecule has 1 aliphatic heterocycles. The van der Waals surface area contributed by atoms with Gasteiger partial charge in [0.2, 0.25) is 0 Å². The fourth-order valence-electron chi connectivity index (χ4n) is 6.51. The first kappa shape index (κ1) is 32.9. The molecule has 1 amide bonds. The normalized spacial score (nSPS) is 22.3. The molecule has 2 heterocycles. The summed E-state index contributed by atoms with van der Waals surface area (Å²) in [7, 11) is 1.37. The fraction of sp³-hybridized carbons (Fsp3) is 0.438. The predicted octanol–water partition coefficient (Wildman–Crippen LogP) is 8.53. The summed E-state index contributed by atoms with van der Waals surface area (Å²) in [5.41, 5.74) is -5.20. The number of benzene rings is 2. The summed E-state index contributed by atoms with van der Waals surface area (Å²) in [6.45, 7) is -0.553. The van der Waals surface area contributed by atoms with Gasteiger partial charge in [-0.15, -0.1) is 0 Å². The topological polar surface area (TPSA) is 71.9 Å². The van der Waals surface area contributed by atoms with Crippen LogP contribution in [0.1, 0.15) is 71.3 Å². The van der Waals surface area contributed by atoms with Crippen LogP contribution in [0.25, 0.3) is 11.1 Å². The molecule has 2 aromatic carbocycles. The SMILES string of the molecule is COc1ccc([C@H]2C[C@H](CO)C2)cc1-c1ccc(C(F)(F)F)nc1CN1C(=O)O[C@H](c2cc(C(F)(F)F)cc(C(F)(F)F)c2)C12CC2. The van der Waals surface area contributed by atoms with Crippen LogP contribution in [0, 0.1) is 5.92 Å². The van der Waals surface area contributed by atoms with Crippen molar-refractivity contribution in [2.75, 3.05) is 13.7 Å². The van der Waals surface area contributed by atoms with Gasteiger partial charge in [0.05, 0.1) is 36.0 Å². The quantitative estimate of drug-likeness (QED) is 0.255. The van der Waals surface area contributed by atoms with Crippen molar-refractivity contribution in [1.29, 1.82) is 0 Å². The van der Waals surface area contributed by atoms with Crippen LogP contribution in [-0.2, 0) is 29.8 Å². The van der Waals surface area contributed by atoms with Gasteiger partial charge in [0.15, 0.2) is 6.10 Å². The van der Waals surface area contributed by atoms with Crippen LogP contribution in [0.3, 0.4) is 0 Å². The van der Waals surface area contributed by atoms with Gasteiger partial charge in [-0.3, -0.25) is 4.90 Å². The molecule has 1 N–H and O–H groups in total. The van der Waals surface area contributed by atoms with Gasteiger partial charge in [-0.1, -0.05) is 12.1 Å². The number of pyridine rings is 1. The summed E-state index contributed by atoms with van der Waals surface area (Å²) >= 11 is 0. The van der Waals surface area contributed by atoms with E-state index in [0.29, 0.717) is 36.3 Å². The highest BCUT2D eigenvalue weighted by Crippen LogP contribution is 2.58. The molecule has 1 saturated heterocycles. The molecule has 15 heteroatoms. The Balaban J connectivity index is 1.41. The van der Waals surface area contributed by atoms with Crippen molar-refractivity contribution in [3.63, 3.8) is 0 Å². The van der Waals surface area contributed by atoms with E-state index in [0.717, 1.165) is 16.5 Å². The van der Waals surface area contributed by atoms with Crippen molar-refractivity contribution >= 4 is 6.09 Å². The molecule has 0 radical (unpaired) electrons.